The highest BCUT2D eigenvalue weighted by Crippen LogP contribution is 2.36. The van der Waals surface area contributed by atoms with Crippen molar-refractivity contribution in [2.45, 2.75) is 34.1 Å². The third-order valence-corrected chi connectivity index (χ3v) is 2.77. The Labute approximate surface area is 72.7 Å². The third-order valence-electron chi connectivity index (χ3n) is 2.77. The zero-order valence-corrected chi connectivity index (χ0v) is 8.02. The zero-order chi connectivity index (χ0) is 9.52. The summed E-state index contributed by atoms with van der Waals surface area (Å²) in [5.74, 6) is -0.546. The Bertz CT molecular complexity index is 282. The molecule has 2 nitrogen and oxygen atoms in total. The van der Waals surface area contributed by atoms with Crippen LogP contribution in [0, 0.1) is 5.41 Å². The maximum Gasteiger partial charge on any atom is 0.224 e. The van der Waals surface area contributed by atoms with E-state index in [4.69, 9.17) is 0 Å². The molecule has 0 saturated carbocycles. The minimum Gasteiger partial charge on any atom is -0.290 e. The normalized spacial score (nSPS) is 23.3. The number of carbonyl (C=O) groups excluding carboxylic acids is 2. The fourth-order valence-electron chi connectivity index (χ4n) is 1.50. The van der Waals surface area contributed by atoms with Gasteiger partial charge in [-0.2, -0.15) is 0 Å². The van der Waals surface area contributed by atoms with Gasteiger partial charge in [0, 0.05) is 6.42 Å². The molecule has 0 aromatic rings. The van der Waals surface area contributed by atoms with Gasteiger partial charge in [0.2, 0.25) is 11.6 Å². The summed E-state index contributed by atoms with van der Waals surface area (Å²) < 4.78 is 0. The zero-order valence-electron chi connectivity index (χ0n) is 8.02. The highest BCUT2D eigenvalue weighted by molar-refractivity contribution is 6.44. The third kappa shape index (κ3) is 1.22. The van der Waals surface area contributed by atoms with Crippen LogP contribution >= 0.6 is 0 Å². The first-order valence-corrected chi connectivity index (χ1v) is 4.12. The van der Waals surface area contributed by atoms with Gasteiger partial charge in [0.15, 0.2) is 0 Å². The van der Waals surface area contributed by atoms with Crippen molar-refractivity contribution < 1.29 is 9.59 Å². The van der Waals surface area contributed by atoms with E-state index in [-0.39, 0.29) is 17.0 Å². The van der Waals surface area contributed by atoms with E-state index in [1.165, 1.54) is 0 Å². The molecule has 1 aliphatic rings. The molecule has 0 aliphatic heterocycles. The van der Waals surface area contributed by atoms with E-state index in [2.05, 4.69) is 0 Å². The summed E-state index contributed by atoms with van der Waals surface area (Å²) >= 11 is 0. The van der Waals surface area contributed by atoms with E-state index in [0.29, 0.717) is 12.0 Å². The van der Waals surface area contributed by atoms with Gasteiger partial charge >= 0.3 is 0 Å². The highest BCUT2D eigenvalue weighted by atomic mass is 16.2. The summed E-state index contributed by atoms with van der Waals surface area (Å²) in [5, 5.41) is 0. The van der Waals surface area contributed by atoms with Gasteiger partial charge < -0.3 is 0 Å². The molecule has 0 fully saturated rings. The van der Waals surface area contributed by atoms with Crippen LogP contribution < -0.4 is 0 Å². The van der Waals surface area contributed by atoms with E-state index < -0.39 is 0 Å². The largest absolute Gasteiger partial charge is 0.290 e. The Morgan fingerprint density at radius 3 is 2.17 bits per heavy atom. The van der Waals surface area contributed by atoms with Crippen LogP contribution in [0.4, 0.5) is 0 Å². The van der Waals surface area contributed by atoms with E-state index in [1.54, 1.807) is 6.92 Å². The molecule has 0 atom stereocenters. The molecule has 12 heavy (non-hydrogen) atoms. The SMILES string of the molecule is CC1=C(C)C(C)(C)CC(=O)C1=O. The van der Waals surface area contributed by atoms with Crippen molar-refractivity contribution in [3.63, 3.8) is 0 Å². The summed E-state index contributed by atoms with van der Waals surface area (Å²) in [4.78, 5) is 22.4. The van der Waals surface area contributed by atoms with Gasteiger partial charge in [-0.3, -0.25) is 9.59 Å². The molecule has 0 radical (unpaired) electrons. The molecule has 0 aromatic heterocycles. The quantitative estimate of drug-likeness (QED) is 0.515. The summed E-state index contributed by atoms with van der Waals surface area (Å²) in [6.07, 6.45) is 0.356. The molecule has 0 saturated heterocycles. The lowest BCUT2D eigenvalue weighted by atomic mass is 9.72. The van der Waals surface area contributed by atoms with Crippen molar-refractivity contribution in [2.24, 2.45) is 5.41 Å². The smallest absolute Gasteiger partial charge is 0.224 e. The molecule has 2 heteroatoms. The van der Waals surface area contributed by atoms with E-state index in [9.17, 15) is 9.59 Å². The fraction of sp³-hybridized carbons (Fsp3) is 0.600. The van der Waals surface area contributed by atoms with Crippen LogP contribution in [-0.2, 0) is 9.59 Å². The lowest BCUT2D eigenvalue weighted by Gasteiger charge is -2.30. The second-order valence-corrected chi connectivity index (χ2v) is 4.06. The Morgan fingerprint density at radius 1 is 1.17 bits per heavy atom. The van der Waals surface area contributed by atoms with E-state index in [0.717, 1.165) is 5.57 Å². The molecule has 0 N–H and O–H groups in total. The number of hydrogen-bond donors (Lipinski definition) is 0. The second kappa shape index (κ2) is 2.54. The van der Waals surface area contributed by atoms with Gasteiger partial charge in [-0.1, -0.05) is 19.4 Å². The Balaban J connectivity index is 3.22. The van der Waals surface area contributed by atoms with Gasteiger partial charge in [0.05, 0.1) is 0 Å². The predicted molar refractivity (Wildman–Crippen MR) is 46.8 cm³/mol. The molecule has 0 amide bonds. The standard InChI is InChI=1S/C10H14O2/c1-6-7(2)10(3,4)5-8(11)9(6)12/h5H2,1-4H3. The van der Waals surface area contributed by atoms with Crippen LogP contribution in [-0.4, -0.2) is 11.6 Å². The number of rotatable bonds is 0. The van der Waals surface area contributed by atoms with Crippen molar-refractivity contribution in [1.29, 1.82) is 0 Å². The number of carbonyl (C=O) groups is 2. The molecule has 0 unspecified atom stereocenters. The minimum absolute atomic E-state index is 0.130. The molecular weight excluding hydrogens is 152 g/mol. The Hall–Kier alpha value is -0.920. The van der Waals surface area contributed by atoms with E-state index >= 15 is 0 Å². The van der Waals surface area contributed by atoms with Crippen LogP contribution in [0.1, 0.15) is 34.1 Å². The number of ketones is 2. The summed E-state index contributed by atoms with van der Waals surface area (Å²) in [7, 11) is 0. The molecule has 1 aliphatic carbocycles. The van der Waals surface area contributed by atoms with Crippen LogP contribution in [0.5, 0.6) is 0 Å². The predicted octanol–water partition coefficient (Wildman–Crippen LogP) is 1.89. The minimum atomic E-state index is -0.299. The lowest BCUT2D eigenvalue weighted by molar-refractivity contribution is -0.136. The van der Waals surface area contributed by atoms with E-state index in [1.807, 2.05) is 20.8 Å². The summed E-state index contributed by atoms with van der Waals surface area (Å²) in [5.41, 5.74) is 1.55. The molecule has 0 aromatic carbocycles. The summed E-state index contributed by atoms with van der Waals surface area (Å²) in [6.45, 7) is 7.66. The maximum absolute atomic E-state index is 11.2. The number of hydrogen-bond acceptors (Lipinski definition) is 2. The van der Waals surface area contributed by atoms with Crippen molar-refractivity contribution in [1.82, 2.24) is 0 Å². The van der Waals surface area contributed by atoms with Crippen LogP contribution in [0.3, 0.4) is 0 Å². The highest BCUT2D eigenvalue weighted by Gasteiger charge is 2.35. The fourth-order valence-corrected chi connectivity index (χ4v) is 1.50. The molecule has 0 bridgehead atoms. The topological polar surface area (TPSA) is 34.1 Å². The first-order chi connectivity index (χ1) is 5.36. The van der Waals surface area contributed by atoms with Crippen molar-refractivity contribution >= 4 is 11.6 Å². The molecule has 0 spiro atoms. The van der Waals surface area contributed by atoms with Crippen LogP contribution in [0.15, 0.2) is 11.1 Å². The van der Waals surface area contributed by atoms with Crippen LogP contribution in [0.25, 0.3) is 0 Å². The van der Waals surface area contributed by atoms with Crippen LogP contribution in [0.2, 0.25) is 0 Å². The van der Waals surface area contributed by atoms with Crippen molar-refractivity contribution in [3.05, 3.63) is 11.1 Å². The second-order valence-electron chi connectivity index (χ2n) is 4.06. The first kappa shape index (κ1) is 9.17. The molecule has 0 heterocycles. The van der Waals surface area contributed by atoms with Gasteiger partial charge in [0.1, 0.15) is 0 Å². The van der Waals surface area contributed by atoms with Crippen molar-refractivity contribution in [2.75, 3.05) is 0 Å². The van der Waals surface area contributed by atoms with Gasteiger partial charge in [-0.05, 0) is 24.8 Å². The maximum atomic E-state index is 11.2. The monoisotopic (exact) mass is 166 g/mol. The molecule has 66 valence electrons. The average molecular weight is 166 g/mol. The summed E-state index contributed by atoms with van der Waals surface area (Å²) in [6, 6.07) is 0. The number of allylic oxidation sites excluding steroid dienone is 2. The number of Topliss-reactive ketones (excluding diaryl/α,β-unsaturated/α-hetero) is 2. The van der Waals surface area contributed by atoms with Gasteiger partial charge in [-0.25, -0.2) is 0 Å². The van der Waals surface area contributed by atoms with Gasteiger partial charge in [0.25, 0.3) is 0 Å². The Morgan fingerprint density at radius 2 is 1.67 bits per heavy atom. The molecule has 1 rings (SSSR count). The lowest BCUT2D eigenvalue weighted by Crippen LogP contribution is -2.31. The average Bonchev–Trinajstić information content (AvgIpc) is 1.97. The van der Waals surface area contributed by atoms with Gasteiger partial charge in [-0.15, -0.1) is 0 Å². The first-order valence-electron chi connectivity index (χ1n) is 4.12. The Kier molecular flexibility index (Phi) is 1.94. The molecular formula is C10H14O2. The van der Waals surface area contributed by atoms with Crippen molar-refractivity contribution in [3.8, 4) is 0 Å².